The van der Waals surface area contributed by atoms with E-state index in [9.17, 15) is 9.18 Å². The number of anilines is 2. The molecule has 0 saturated heterocycles. The molecule has 0 aliphatic heterocycles. The summed E-state index contributed by atoms with van der Waals surface area (Å²) < 4.78 is 19.2. The molecular weight excluding hydrogens is 327 g/mol. The maximum absolute atomic E-state index is 13.7. The van der Waals surface area contributed by atoms with Crippen molar-refractivity contribution in [1.29, 1.82) is 0 Å². The van der Waals surface area contributed by atoms with Gasteiger partial charge >= 0.3 is 0 Å². The summed E-state index contributed by atoms with van der Waals surface area (Å²) in [6, 6.07) is 9.12. The second kappa shape index (κ2) is 5.92. The number of carbonyl (C=O) groups is 1. The summed E-state index contributed by atoms with van der Waals surface area (Å²) in [5.74, 6) is -0.768. The summed E-state index contributed by atoms with van der Waals surface area (Å²) in [7, 11) is 1.46. The molecule has 0 atom stereocenters. The van der Waals surface area contributed by atoms with Gasteiger partial charge in [-0.1, -0.05) is 6.07 Å². The molecule has 6 heteroatoms. The van der Waals surface area contributed by atoms with E-state index >= 15 is 0 Å². The van der Waals surface area contributed by atoms with E-state index in [2.05, 4.69) is 21.2 Å². The molecule has 0 unspecified atom stereocenters. The lowest BCUT2D eigenvalue weighted by atomic mass is 10.2. The second-order valence-corrected chi connectivity index (χ2v) is 4.86. The Morgan fingerprint density at radius 2 is 2.10 bits per heavy atom. The molecule has 3 N–H and O–H groups in total. The van der Waals surface area contributed by atoms with Crippen LogP contribution in [0.5, 0.6) is 5.75 Å². The number of carbonyl (C=O) groups excluding carboxylic acids is 1. The van der Waals surface area contributed by atoms with E-state index in [-0.39, 0.29) is 5.56 Å². The maximum atomic E-state index is 13.7. The van der Waals surface area contributed by atoms with Crippen molar-refractivity contribution >= 4 is 33.2 Å². The van der Waals surface area contributed by atoms with Gasteiger partial charge in [0.15, 0.2) is 0 Å². The van der Waals surface area contributed by atoms with Gasteiger partial charge in [-0.05, 0) is 40.2 Å². The van der Waals surface area contributed by atoms with Gasteiger partial charge in [-0.25, -0.2) is 4.39 Å². The summed E-state index contributed by atoms with van der Waals surface area (Å²) in [4.78, 5) is 12.1. The van der Waals surface area contributed by atoms with E-state index in [0.717, 1.165) is 0 Å². The highest BCUT2D eigenvalue weighted by Crippen LogP contribution is 2.28. The van der Waals surface area contributed by atoms with Crippen molar-refractivity contribution in [3.05, 3.63) is 52.3 Å². The van der Waals surface area contributed by atoms with Gasteiger partial charge in [-0.15, -0.1) is 0 Å². The Morgan fingerprint density at radius 3 is 2.75 bits per heavy atom. The molecule has 2 rings (SSSR count). The number of amides is 1. The lowest BCUT2D eigenvalue weighted by Gasteiger charge is -2.12. The van der Waals surface area contributed by atoms with Crippen LogP contribution in [0.4, 0.5) is 15.8 Å². The van der Waals surface area contributed by atoms with Gasteiger partial charge in [-0.3, -0.25) is 4.79 Å². The van der Waals surface area contributed by atoms with Crippen LogP contribution in [-0.2, 0) is 0 Å². The zero-order valence-corrected chi connectivity index (χ0v) is 12.2. The molecule has 0 aliphatic rings. The number of halogens is 2. The highest BCUT2D eigenvalue weighted by atomic mass is 79.9. The van der Waals surface area contributed by atoms with E-state index < -0.39 is 11.7 Å². The van der Waals surface area contributed by atoms with Crippen LogP contribution < -0.4 is 15.8 Å². The molecule has 104 valence electrons. The smallest absolute Gasteiger partial charge is 0.259 e. The Kier molecular flexibility index (Phi) is 4.24. The number of benzene rings is 2. The number of nitrogens with one attached hydrogen (secondary N) is 1. The van der Waals surface area contributed by atoms with Gasteiger partial charge in [0.05, 0.1) is 18.4 Å². The average Bonchev–Trinajstić information content (AvgIpc) is 2.40. The van der Waals surface area contributed by atoms with Gasteiger partial charge in [-0.2, -0.15) is 0 Å². The molecule has 0 aliphatic carbocycles. The predicted octanol–water partition coefficient (Wildman–Crippen LogP) is 3.43. The standard InChI is InChI=1S/C14H12BrFN2O2/c1-20-12-7-8(17)5-6-11(12)18-14(19)13-9(15)3-2-4-10(13)16/h2-7H,17H2,1H3,(H,18,19). The Bertz CT molecular complexity index is 641. The monoisotopic (exact) mass is 338 g/mol. The first-order chi connectivity index (χ1) is 9.52. The Balaban J connectivity index is 2.33. The first-order valence-electron chi connectivity index (χ1n) is 5.72. The number of rotatable bonds is 3. The highest BCUT2D eigenvalue weighted by Gasteiger charge is 2.17. The van der Waals surface area contributed by atoms with Crippen LogP contribution in [0.1, 0.15) is 10.4 Å². The molecule has 0 radical (unpaired) electrons. The van der Waals surface area contributed by atoms with Gasteiger partial charge in [0.2, 0.25) is 0 Å². The van der Waals surface area contributed by atoms with Crippen molar-refractivity contribution < 1.29 is 13.9 Å². The van der Waals surface area contributed by atoms with Crippen molar-refractivity contribution in [3.8, 4) is 5.75 Å². The SMILES string of the molecule is COc1cc(N)ccc1NC(=O)c1c(F)cccc1Br. The van der Waals surface area contributed by atoms with E-state index in [1.165, 1.54) is 19.2 Å². The van der Waals surface area contributed by atoms with E-state index in [0.29, 0.717) is 21.6 Å². The third-order valence-corrected chi connectivity index (χ3v) is 3.32. The van der Waals surface area contributed by atoms with Gasteiger partial charge in [0.25, 0.3) is 5.91 Å². The average molecular weight is 339 g/mol. The summed E-state index contributed by atoms with van der Waals surface area (Å²) in [5, 5.41) is 2.60. The van der Waals surface area contributed by atoms with Crippen LogP contribution in [0.25, 0.3) is 0 Å². The van der Waals surface area contributed by atoms with Crippen LogP contribution in [0.2, 0.25) is 0 Å². The molecule has 4 nitrogen and oxygen atoms in total. The summed E-state index contributed by atoms with van der Waals surface area (Å²) in [5.41, 5.74) is 6.49. The molecule has 0 spiro atoms. The fourth-order valence-corrected chi connectivity index (χ4v) is 2.23. The van der Waals surface area contributed by atoms with Gasteiger partial charge < -0.3 is 15.8 Å². The number of hydrogen-bond donors (Lipinski definition) is 2. The van der Waals surface area contributed by atoms with Gasteiger partial charge in [0, 0.05) is 16.2 Å². The number of hydrogen-bond acceptors (Lipinski definition) is 3. The van der Waals surface area contributed by atoms with Crippen molar-refractivity contribution in [2.24, 2.45) is 0 Å². The van der Waals surface area contributed by atoms with E-state index in [1.54, 1.807) is 24.3 Å². The minimum atomic E-state index is -0.605. The van der Waals surface area contributed by atoms with E-state index in [1.807, 2.05) is 0 Å². The lowest BCUT2D eigenvalue weighted by molar-refractivity contribution is 0.102. The van der Waals surface area contributed by atoms with Crippen molar-refractivity contribution in [2.45, 2.75) is 0 Å². The fourth-order valence-electron chi connectivity index (χ4n) is 1.71. The largest absolute Gasteiger partial charge is 0.494 e. The van der Waals surface area contributed by atoms with E-state index in [4.69, 9.17) is 10.5 Å². The molecule has 0 aromatic heterocycles. The first kappa shape index (κ1) is 14.3. The maximum Gasteiger partial charge on any atom is 0.259 e. The van der Waals surface area contributed by atoms with Crippen LogP contribution in [0.3, 0.4) is 0 Å². The summed E-state index contributed by atoms with van der Waals surface area (Å²) in [6.07, 6.45) is 0. The third kappa shape index (κ3) is 2.91. The quantitative estimate of drug-likeness (QED) is 0.842. The molecule has 0 heterocycles. The van der Waals surface area contributed by atoms with Crippen molar-refractivity contribution in [2.75, 3.05) is 18.2 Å². The van der Waals surface area contributed by atoms with Crippen LogP contribution in [0, 0.1) is 5.82 Å². The Morgan fingerprint density at radius 1 is 1.35 bits per heavy atom. The zero-order valence-electron chi connectivity index (χ0n) is 10.6. The molecule has 20 heavy (non-hydrogen) atoms. The van der Waals surface area contributed by atoms with Crippen LogP contribution in [-0.4, -0.2) is 13.0 Å². The molecule has 2 aromatic carbocycles. The Labute approximate surface area is 123 Å². The fraction of sp³-hybridized carbons (Fsp3) is 0.0714. The molecular formula is C14H12BrFN2O2. The summed E-state index contributed by atoms with van der Waals surface area (Å²) >= 11 is 3.16. The van der Waals surface area contributed by atoms with Crippen LogP contribution in [0.15, 0.2) is 40.9 Å². The zero-order chi connectivity index (χ0) is 14.7. The second-order valence-electron chi connectivity index (χ2n) is 4.01. The van der Waals surface area contributed by atoms with Crippen LogP contribution >= 0.6 is 15.9 Å². The number of ether oxygens (including phenoxy) is 1. The number of nitrogens with two attached hydrogens (primary N) is 1. The lowest BCUT2D eigenvalue weighted by Crippen LogP contribution is -2.15. The minimum Gasteiger partial charge on any atom is -0.494 e. The number of methoxy groups -OCH3 is 1. The molecule has 2 aromatic rings. The highest BCUT2D eigenvalue weighted by molar-refractivity contribution is 9.10. The summed E-state index contributed by atoms with van der Waals surface area (Å²) in [6.45, 7) is 0. The minimum absolute atomic E-state index is 0.0635. The molecule has 0 bridgehead atoms. The molecule has 0 fully saturated rings. The van der Waals surface area contributed by atoms with Crippen molar-refractivity contribution in [3.63, 3.8) is 0 Å². The molecule has 1 amide bonds. The normalized spacial score (nSPS) is 10.2. The number of nitrogen functional groups attached to an aromatic ring is 1. The topological polar surface area (TPSA) is 64.3 Å². The van der Waals surface area contributed by atoms with Gasteiger partial charge in [0.1, 0.15) is 11.6 Å². The molecule has 0 saturated carbocycles. The third-order valence-electron chi connectivity index (χ3n) is 2.66. The van der Waals surface area contributed by atoms with Crippen molar-refractivity contribution in [1.82, 2.24) is 0 Å². The predicted molar refractivity (Wildman–Crippen MR) is 79.5 cm³/mol. The Hall–Kier alpha value is -2.08. The first-order valence-corrected chi connectivity index (χ1v) is 6.51.